The Kier molecular flexibility index (Phi) is 7.81. The number of nitrogens with zero attached hydrogens (tertiary/aromatic N) is 3. The number of carbonyl (C=O) groups is 2. The normalized spacial score (nSPS) is 15.4. The Labute approximate surface area is 234 Å². The number of aromatic nitrogens is 1. The summed E-state index contributed by atoms with van der Waals surface area (Å²) < 4.78 is 3.18. The molecule has 8 heteroatoms. The molecule has 38 heavy (non-hydrogen) atoms. The smallest absolute Gasteiger partial charge is 0.271 e. The highest BCUT2D eigenvalue weighted by Gasteiger charge is 2.32. The number of benzene rings is 3. The second kappa shape index (κ2) is 11.4. The molecule has 0 radical (unpaired) electrons. The van der Waals surface area contributed by atoms with Crippen LogP contribution < -0.4 is 5.43 Å². The molecule has 1 atom stereocenters. The van der Waals surface area contributed by atoms with Gasteiger partial charge in [-0.05, 0) is 67.4 Å². The number of halogens is 1. The fraction of sp³-hybridized carbons (Fsp3) is 0.167. The van der Waals surface area contributed by atoms with Gasteiger partial charge in [0.2, 0.25) is 5.91 Å². The fourth-order valence-corrected chi connectivity index (χ4v) is 6.06. The van der Waals surface area contributed by atoms with Gasteiger partial charge in [-0.1, -0.05) is 58.4 Å². The number of carbonyl (C=O) groups excluding carboxylic acids is 2. The monoisotopic (exact) mass is 586 g/mol. The second-order valence-electron chi connectivity index (χ2n) is 9.13. The van der Waals surface area contributed by atoms with Gasteiger partial charge < -0.3 is 9.47 Å². The highest BCUT2D eigenvalue weighted by molar-refractivity contribution is 9.10. The standard InChI is InChI=1S/C30H27BrN4O2S/c1-20-16-25(21(2)35(20)27-14-12-26(31)13-15-27)17-32-33-29(37)23-8-10-24(11-9-23)30-34(28(36)19-38-30)18-22-6-4-3-5-7-22/h3-17,30H,18-19H2,1-2H3,(H,33,37)/b32-17-/t30-/m0/s1. The zero-order valence-corrected chi connectivity index (χ0v) is 23.5. The van der Waals surface area contributed by atoms with E-state index in [1.165, 1.54) is 0 Å². The zero-order chi connectivity index (χ0) is 26.6. The summed E-state index contributed by atoms with van der Waals surface area (Å²) in [6, 6.07) is 27.6. The average molecular weight is 588 g/mol. The van der Waals surface area contributed by atoms with Gasteiger partial charge in [0.25, 0.3) is 5.91 Å². The molecule has 4 aromatic rings. The van der Waals surface area contributed by atoms with Gasteiger partial charge in [-0.2, -0.15) is 5.10 Å². The first-order valence-corrected chi connectivity index (χ1v) is 14.1. The molecule has 192 valence electrons. The van der Waals surface area contributed by atoms with Gasteiger partial charge >= 0.3 is 0 Å². The summed E-state index contributed by atoms with van der Waals surface area (Å²) in [6.45, 7) is 4.64. The molecule has 3 aromatic carbocycles. The second-order valence-corrected chi connectivity index (χ2v) is 11.1. The summed E-state index contributed by atoms with van der Waals surface area (Å²) >= 11 is 5.09. The number of thioether (sulfide) groups is 1. The van der Waals surface area contributed by atoms with Gasteiger partial charge in [0.1, 0.15) is 5.37 Å². The lowest BCUT2D eigenvalue weighted by molar-refractivity contribution is -0.128. The molecule has 0 bridgehead atoms. The molecule has 0 unspecified atom stereocenters. The molecule has 5 rings (SSSR count). The summed E-state index contributed by atoms with van der Waals surface area (Å²) in [6.07, 6.45) is 1.67. The number of aryl methyl sites for hydroxylation is 1. The third-order valence-corrected chi connectivity index (χ3v) is 8.33. The maximum Gasteiger partial charge on any atom is 0.271 e. The van der Waals surface area contributed by atoms with Gasteiger partial charge in [-0.3, -0.25) is 9.59 Å². The SMILES string of the molecule is Cc1cc(/C=N\NC(=O)c2ccc([C@@H]3SCC(=O)N3Cc3ccccc3)cc2)c(C)n1-c1ccc(Br)cc1. The van der Waals surface area contributed by atoms with Crippen molar-refractivity contribution in [1.82, 2.24) is 14.9 Å². The molecule has 6 nitrogen and oxygen atoms in total. The number of hydrazone groups is 1. The molecule has 1 aliphatic heterocycles. The predicted molar refractivity (Wildman–Crippen MR) is 157 cm³/mol. The van der Waals surface area contributed by atoms with E-state index in [4.69, 9.17) is 0 Å². The van der Waals surface area contributed by atoms with Crippen molar-refractivity contribution in [3.05, 3.63) is 123 Å². The first-order chi connectivity index (χ1) is 18.4. The summed E-state index contributed by atoms with van der Waals surface area (Å²) in [5.41, 5.74) is 9.36. The third-order valence-electron chi connectivity index (χ3n) is 6.55. The minimum Gasteiger partial charge on any atom is -0.322 e. The van der Waals surface area contributed by atoms with Crippen molar-refractivity contribution < 1.29 is 9.59 Å². The lowest BCUT2D eigenvalue weighted by Gasteiger charge is -2.24. The molecule has 1 N–H and O–H groups in total. The van der Waals surface area contributed by atoms with Crippen molar-refractivity contribution in [1.29, 1.82) is 0 Å². The number of hydrogen-bond donors (Lipinski definition) is 1. The van der Waals surface area contributed by atoms with Gasteiger partial charge in [0.05, 0.1) is 12.0 Å². The quantitative estimate of drug-likeness (QED) is 0.201. The van der Waals surface area contributed by atoms with Gasteiger partial charge in [0, 0.05) is 39.2 Å². The van der Waals surface area contributed by atoms with Crippen molar-refractivity contribution >= 4 is 45.7 Å². The first kappa shape index (κ1) is 26.0. The van der Waals surface area contributed by atoms with Crippen molar-refractivity contribution in [3.63, 3.8) is 0 Å². The van der Waals surface area contributed by atoms with E-state index in [-0.39, 0.29) is 17.2 Å². The van der Waals surface area contributed by atoms with Crippen LogP contribution in [0.2, 0.25) is 0 Å². The van der Waals surface area contributed by atoms with Crippen LogP contribution in [0.5, 0.6) is 0 Å². The zero-order valence-electron chi connectivity index (χ0n) is 21.1. The number of nitrogens with one attached hydrogen (secondary N) is 1. The van der Waals surface area contributed by atoms with Crippen LogP contribution in [0.1, 0.15) is 43.8 Å². The molecule has 1 aromatic heterocycles. The van der Waals surface area contributed by atoms with Crippen LogP contribution in [-0.2, 0) is 11.3 Å². The fourth-order valence-electron chi connectivity index (χ4n) is 4.61. The van der Waals surface area contributed by atoms with Crippen molar-refractivity contribution in [2.45, 2.75) is 25.8 Å². The number of amides is 2. The highest BCUT2D eigenvalue weighted by atomic mass is 79.9. The summed E-state index contributed by atoms with van der Waals surface area (Å²) in [5.74, 6) is 0.294. The van der Waals surface area contributed by atoms with E-state index in [1.807, 2.05) is 79.4 Å². The first-order valence-electron chi connectivity index (χ1n) is 12.2. The van der Waals surface area contributed by atoms with E-state index in [1.54, 1.807) is 30.1 Å². The van der Waals surface area contributed by atoms with Crippen LogP contribution in [0.25, 0.3) is 5.69 Å². The molecule has 2 amide bonds. The van der Waals surface area contributed by atoms with Crippen LogP contribution in [0.4, 0.5) is 0 Å². The van der Waals surface area contributed by atoms with Crippen molar-refractivity contribution in [2.75, 3.05) is 5.75 Å². The summed E-state index contributed by atoms with van der Waals surface area (Å²) in [5, 5.41) is 4.14. The molecule has 1 aliphatic rings. The van der Waals surface area contributed by atoms with E-state index in [0.717, 1.165) is 38.2 Å². The molecule has 0 aliphatic carbocycles. The van der Waals surface area contributed by atoms with E-state index in [9.17, 15) is 9.59 Å². The number of hydrogen-bond acceptors (Lipinski definition) is 4. The Morgan fingerprint density at radius 3 is 2.47 bits per heavy atom. The molecule has 1 fully saturated rings. The highest BCUT2D eigenvalue weighted by Crippen LogP contribution is 2.39. The van der Waals surface area contributed by atoms with Gasteiger partial charge in [-0.25, -0.2) is 5.43 Å². The Morgan fingerprint density at radius 2 is 1.76 bits per heavy atom. The molecule has 2 heterocycles. The topological polar surface area (TPSA) is 66.7 Å². The predicted octanol–water partition coefficient (Wildman–Crippen LogP) is 6.39. The maximum atomic E-state index is 12.7. The van der Waals surface area contributed by atoms with Crippen molar-refractivity contribution in [3.8, 4) is 5.69 Å². The van der Waals surface area contributed by atoms with E-state index in [2.05, 4.69) is 43.2 Å². The minimum atomic E-state index is -0.286. The van der Waals surface area contributed by atoms with E-state index in [0.29, 0.717) is 17.9 Å². The third kappa shape index (κ3) is 5.61. The van der Waals surface area contributed by atoms with Gasteiger partial charge in [0.15, 0.2) is 0 Å². The molecular weight excluding hydrogens is 560 g/mol. The van der Waals surface area contributed by atoms with Crippen LogP contribution in [0.3, 0.4) is 0 Å². The Balaban J connectivity index is 1.24. The molecule has 1 saturated heterocycles. The lowest BCUT2D eigenvalue weighted by atomic mass is 10.1. The largest absolute Gasteiger partial charge is 0.322 e. The Bertz CT molecular complexity index is 1480. The van der Waals surface area contributed by atoms with Crippen molar-refractivity contribution in [2.24, 2.45) is 5.10 Å². The Morgan fingerprint density at radius 1 is 1.05 bits per heavy atom. The Hall–Kier alpha value is -3.62. The summed E-state index contributed by atoms with van der Waals surface area (Å²) in [7, 11) is 0. The van der Waals surface area contributed by atoms with Crippen LogP contribution >= 0.6 is 27.7 Å². The molecule has 0 spiro atoms. The maximum absolute atomic E-state index is 12.7. The lowest BCUT2D eigenvalue weighted by Crippen LogP contribution is -2.27. The summed E-state index contributed by atoms with van der Waals surface area (Å²) in [4.78, 5) is 27.2. The van der Waals surface area contributed by atoms with E-state index >= 15 is 0 Å². The number of rotatable bonds is 7. The van der Waals surface area contributed by atoms with Crippen LogP contribution in [0, 0.1) is 13.8 Å². The molecule has 0 saturated carbocycles. The average Bonchev–Trinajstić information content (AvgIpc) is 3.43. The minimum absolute atomic E-state index is 0.0705. The van der Waals surface area contributed by atoms with E-state index < -0.39 is 0 Å². The van der Waals surface area contributed by atoms with Gasteiger partial charge in [-0.15, -0.1) is 11.8 Å². The van der Waals surface area contributed by atoms with Crippen LogP contribution in [0.15, 0.2) is 94.5 Å². The van der Waals surface area contributed by atoms with Crippen LogP contribution in [-0.4, -0.2) is 33.2 Å². The molecular formula is C30H27BrN4O2S.